The van der Waals surface area contributed by atoms with Crippen LogP contribution < -0.4 is 10.6 Å². The molecule has 1 aromatic heterocycles. The average Bonchev–Trinajstić information content (AvgIpc) is 2.25. The lowest BCUT2D eigenvalue weighted by Gasteiger charge is -2.16. The number of hydrogen-bond donors (Lipinski definition) is 2. The average molecular weight is 208 g/mol. The maximum atomic E-state index is 4.20. The van der Waals surface area contributed by atoms with Crippen molar-refractivity contribution in [2.45, 2.75) is 39.4 Å². The second-order valence-electron chi connectivity index (χ2n) is 4.04. The summed E-state index contributed by atoms with van der Waals surface area (Å²) in [6.45, 7) is 8.20. The van der Waals surface area contributed by atoms with Crippen LogP contribution in [0.15, 0.2) is 18.6 Å². The maximum Gasteiger partial charge on any atom is 0.0724 e. The third kappa shape index (κ3) is 5.44. The van der Waals surface area contributed by atoms with Crippen LogP contribution in [-0.4, -0.2) is 28.6 Å². The summed E-state index contributed by atoms with van der Waals surface area (Å²) in [5, 5.41) is 6.77. The van der Waals surface area contributed by atoms with E-state index in [9.17, 15) is 0 Å². The molecule has 2 N–H and O–H groups in total. The van der Waals surface area contributed by atoms with Crippen LogP contribution in [0.4, 0.5) is 0 Å². The first kappa shape index (κ1) is 12.1. The zero-order valence-electron chi connectivity index (χ0n) is 9.70. The number of hydrogen-bond acceptors (Lipinski definition) is 4. The molecule has 0 radical (unpaired) electrons. The molecular weight excluding hydrogens is 188 g/mol. The number of rotatable bonds is 6. The van der Waals surface area contributed by atoms with Crippen LogP contribution in [0.25, 0.3) is 0 Å². The second kappa shape index (κ2) is 6.48. The molecule has 84 valence electrons. The minimum Gasteiger partial charge on any atom is -0.313 e. The molecule has 0 aliphatic heterocycles. The standard InChI is InChI=1S/C11H20N4/c1-9(2)14-6-10(3)15-8-11-7-12-4-5-13-11/h4-5,7,9-10,14-15H,6,8H2,1-3H3. The molecule has 1 atom stereocenters. The Balaban J connectivity index is 2.19. The SMILES string of the molecule is CC(C)NCC(C)NCc1cnccn1. The molecule has 15 heavy (non-hydrogen) atoms. The summed E-state index contributed by atoms with van der Waals surface area (Å²) in [6.07, 6.45) is 5.19. The minimum atomic E-state index is 0.439. The Morgan fingerprint density at radius 3 is 2.60 bits per heavy atom. The molecule has 0 aliphatic rings. The van der Waals surface area contributed by atoms with Gasteiger partial charge < -0.3 is 10.6 Å². The van der Waals surface area contributed by atoms with E-state index in [0.29, 0.717) is 12.1 Å². The summed E-state index contributed by atoms with van der Waals surface area (Å²) in [4.78, 5) is 8.22. The summed E-state index contributed by atoms with van der Waals surface area (Å²) in [7, 11) is 0. The van der Waals surface area contributed by atoms with E-state index in [0.717, 1.165) is 18.8 Å². The van der Waals surface area contributed by atoms with Crippen LogP contribution >= 0.6 is 0 Å². The zero-order chi connectivity index (χ0) is 11.1. The smallest absolute Gasteiger partial charge is 0.0724 e. The summed E-state index contributed by atoms with van der Waals surface area (Å²) < 4.78 is 0. The number of nitrogens with one attached hydrogen (secondary N) is 2. The molecule has 1 heterocycles. The van der Waals surface area contributed by atoms with Gasteiger partial charge in [-0.1, -0.05) is 13.8 Å². The molecule has 1 rings (SSSR count). The van der Waals surface area contributed by atoms with E-state index in [4.69, 9.17) is 0 Å². The molecule has 4 heteroatoms. The van der Waals surface area contributed by atoms with Crippen molar-refractivity contribution >= 4 is 0 Å². The Bertz CT molecular complexity index is 261. The van der Waals surface area contributed by atoms with Gasteiger partial charge >= 0.3 is 0 Å². The van der Waals surface area contributed by atoms with Crippen LogP contribution in [0.2, 0.25) is 0 Å². The molecule has 0 fully saturated rings. The molecule has 0 saturated carbocycles. The first-order valence-electron chi connectivity index (χ1n) is 5.40. The minimum absolute atomic E-state index is 0.439. The van der Waals surface area contributed by atoms with E-state index in [2.05, 4.69) is 41.4 Å². The van der Waals surface area contributed by atoms with Gasteiger partial charge in [0.2, 0.25) is 0 Å². The van der Waals surface area contributed by atoms with Gasteiger partial charge in [-0.15, -0.1) is 0 Å². The first-order chi connectivity index (χ1) is 7.18. The Hall–Kier alpha value is -1.00. The van der Waals surface area contributed by atoms with Crippen molar-refractivity contribution in [1.29, 1.82) is 0 Å². The van der Waals surface area contributed by atoms with Gasteiger partial charge in [0, 0.05) is 43.8 Å². The van der Waals surface area contributed by atoms with Crippen molar-refractivity contribution in [1.82, 2.24) is 20.6 Å². The lowest BCUT2D eigenvalue weighted by Crippen LogP contribution is -2.38. The molecule has 1 unspecified atom stereocenters. The lowest BCUT2D eigenvalue weighted by molar-refractivity contribution is 0.471. The predicted molar refractivity (Wildman–Crippen MR) is 61.5 cm³/mol. The Morgan fingerprint density at radius 1 is 1.20 bits per heavy atom. The highest BCUT2D eigenvalue weighted by Crippen LogP contribution is 1.90. The summed E-state index contributed by atoms with van der Waals surface area (Å²) in [5.74, 6) is 0. The highest BCUT2D eigenvalue weighted by Gasteiger charge is 2.02. The first-order valence-corrected chi connectivity index (χ1v) is 5.40. The predicted octanol–water partition coefficient (Wildman–Crippen LogP) is 0.953. The molecule has 0 spiro atoms. The van der Waals surface area contributed by atoms with E-state index in [1.165, 1.54) is 0 Å². The molecule has 4 nitrogen and oxygen atoms in total. The van der Waals surface area contributed by atoms with Gasteiger partial charge in [0.15, 0.2) is 0 Å². The van der Waals surface area contributed by atoms with Crippen molar-refractivity contribution in [2.24, 2.45) is 0 Å². The van der Waals surface area contributed by atoms with Gasteiger partial charge in [-0.05, 0) is 6.92 Å². The monoisotopic (exact) mass is 208 g/mol. The van der Waals surface area contributed by atoms with Gasteiger partial charge in [0.1, 0.15) is 0 Å². The van der Waals surface area contributed by atoms with Crippen molar-refractivity contribution in [3.8, 4) is 0 Å². The lowest BCUT2D eigenvalue weighted by atomic mass is 10.3. The van der Waals surface area contributed by atoms with Crippen LogP contribution in [0.1, 0.15) is 26.5 Å². The molecule has 0 aromatic carbocycles. The Kier molecular flexibility index (Phi) is 5.21. The van der Waals surface area contributed by atoms with Crippen molar-refractivity contribution < 1.29 is 0 Å². The quantitative estimate of drug-likeness (QED) is 0.731. The molecule has 0 bridgehead atoms. The van der Waals surface area contributed by atoms with Gasteiger partial charge in [0.05, 0.1) is 5.69 Å². The number of aromatic nitrogens is 2. The molecule has 1 aromatic rings. The number of nitrogens with zero attached hydrogens (tertiary/aromatic N) is 2. The van der Waals surface area contributed by atoms with E-state index in [1.807, 2.05) is 0 Å². The fraction of sp³-hybridized carbons (Fsp3) is 0.636. The Morgan fingerprint density at radius 2 is 2.00 bits per heavy atom. The molecule has 0 saturated heterocycles. The third-order valence-electron chi connectivity index (χ3n) is 2.08. The van der Waals surface area contributed by atoms with E-state index >= 15 is 0 Å². The maximum absolute atomic E-state index is 4.20. The molecule has 0 aliphatic carbocycles. The van der Waals surface area contributed by atoms with E-state index in [-0.39, 0.29) is 0 Å². The fourth-order valence-electron chi connectivity index (χ4n) is 1.18. The van der Waals surface area contributed by atoms with Gasteiger partial charge in [-0.2, -0.15) is 0 Å². The highest BCUT2D eigenvalue weighted by atomic mass is 15.0. The van der Waals surface area contributed by atoms with Gasteiger partial charge in [0.25, 0.3) is 0 Å². The summed E-state index contributed by atoms with van der Waals surface area (Å²) in [6, 6.07) is 0.972. The zero-order valence-corrected chi connectivity index (χ0v) is 9.70. The van der Waals surface area contributed by atoms with Gasteiger partial charge in [-0.3, -0.25) is 9.97 Å². The second-order valence-corrected chi connectivity index (χ2v) is 4.04. The summed E-state index contributed by atoms with van der Waals surface area (Å²) >= 11 is 0. The van der Waals surface area contributed by atoms with Crippen LogP contribution in [-0.2, 0) is 6.54 Å². The highest BCUT2D eigenvalue weighted by molar-refractivity contribution is 4.94. The normalized spacial score (nSPS) is 13.1. The molecule has 0 amide bonds. The van der Waals surface area contributed by atoms with E-state index in [1.54, 1.807) is 18.6 Å². The third-order valence-corrected chi connectivity index (χ3v) is 2.08. The largest absolute Gasteiger partial charge is 0.313 e. The van der Waals surface area contributed by atoms with Gasteiger partial charge in [-0.25, -0.2) is 0 Å². The summed E-state index contributed by atoms with van der Waals surface area (Å²) in [5.41, 5.74) is 0.980. The fourth-order valence-corrected chi connectivity index (χ4v) is 1.18. The van der Waals surface area contributed by atoms with Crippen molar-refractivity contribution in [3.63, 3.8) is 0 Å². The van der Waals surface area contributed by atoms with Crippen molar-refractivity contribution in [2.75, 3.05) is 6.54 Å². The molecular formula is C11H20N4. The van der Waals surface area contributed by atoms with Crippen LogP contribution in [0, 0.1) is 0 Å². The Labute approximate surface area is 91.5 Å². The topological polar surface area (TPSA) is 49.8 Å². The van der Waals surface area contributed by atoms with Crippen LogP contribution in [0.3, 0.4) is 0 Å². The van der Waals surface area contributed by atoms with Crippen molar-refractivity contribution in [3.05, 3.63) is 24.3 Å². The van der Waals surface area contributed by atoms with E-state index < -0.39 is 0 Å². The van der Waals surface area contributed by atoms with Crippen LogP contribution in [0.5, 0.6) is 0 Å².